The van der Waals surface area contributed by atoms with Crippen molar-refractivity contribution >= 4 is 29.0 Å². The van der Waals surface area contributed by atoms with Gasteiger partial charge in [0, 0.05) is 22.8 Å². The summed E-state index contributed by atoms with van der Waals surface area (Å²) in [4.78, 5) is 15.9. The molecule has 1 heterocycles. The molecule has 23 heavy (non-hydrogen) atoms. The average Bonchev–Trinajstić information content (AvgIpc) is 2.56. The summed E-state index contributed by atoms with van der Waals surface area (Å²) in [7, 11) is 0. The van der Waals surface area contributed by atoms with Crippen molar-refractivity contribution in [3.05, 3.63) is 53.6 Å². The van der Waals surface area contributed by atoms with Crippen molar-refractivity contribution < 1.29 is 4.79 Å². The molecule has 1 aliphatic rings. The normalized spacial score (nSPS) is 15.1. The minimum Gasteiger partial charge on any atom is -0.398 e. The molecule has 3 rings (SSSR count). The molecule has 2 aromatic carbocycles. The zero-order valence-corrected chi connectivity index (χ0v) is 14.4. The van der Waals surface area contributed by atoms with Crippen LogP contribution in [0.5, 0.6) is 0 Å². The first-order valence-electron chi connectivity index (χ1n) is 7.98. The lowest BCUT2D eigenvalue weighted by atomic mass is 9.99. The van der Waals surface area contributed by atoms with Gasteiger partial charge in [0.1, 0.15) is 0 Å². The summed E-state index contributed by atoms with van der Waals surface area (Å²) < 4.78 is 0. The van der Waals surface area contributed by atoms with Crippen molar-refractivity contribution in [1.29, 1.82) is 0 Å². The molecule has 0 radical (unpaired) electrons. The Morgan fingerprint density at radius 3 is 2.70 bits per heavy atom. The Kier molecular flexibility index (Phi) is 4.62. The molecule has 2 aromatic rings. The van der Waals surface area contributed by atoms with E-state index in [-0.39, 0.29) is 11.2 Å². The second kappa shape index (κ2) is 6.67. The SMILES string of the molecule is Cc1ccc(SC(C)C(=O)N2CCCc3c(N)cccc32)cc1. The lowest BCUT2D eigenvalue weighted by Crippen LogP contribution is -2.40. The number of fused-ring (bicyclic) bond motifs is 1. The van der Waals surface area contributed by atoms with Gasteiger partial charge < -0.3 is 10.6 Å². The second-order valence-corrected chi connectivity index (χ2v) is 7.43. The zero-order valence-electron chi connectivity index (χ0n) is 13.6. The molecule has 0 aromatic heterocycles. The maximum Gasteiger partial charge on any atom is 0.240 e. The molecule has 0 saturated heterocycles. The number of nitrogens with zero attached hydrogens (tertiary/aromatic N) is 1. The van der Waals surface area contributed by atoms with Gasteiger partial charge >= 0.3 is 0 Å². The predicted octanol–water partition coefficient (Wildman–Crippen LogP) is 4.04. The zero-order chi connectivity index (χ0) is 16.4. The number of aryl methyl sites for hydroxylation is 1. The molecule has 1 aliphatic heterocycles. The molecule has 120 valence electrons. The molecule has 1 amide bonds. The summed E-state index contributed by atoms with van der Waals surface area (Å²) in [5.74, 6) is 0.155. The van der Waals surface area contributed by atoms with E-state index in [1.54, 1.807) is 11.8 Å². The lowest BCUT2D eigenvalue weighted by molar-refractivity contribution is -0.117. The number of carbonyl (C=O) groups is 1. The molecule has 0 bridgehead atoms. The standard InChI is InChI=1S/C19H22N2OS/c1-13-8-10-15(11-9-13)23-14(2)19(22)21-12-4-5-16-17(20)6-3-7-18(16)21/h3,6-11,14H,4-5,12,20H2,1-2H3. The highest BCUT2D eigenvalue weighted by Gasteiger charge is 2.27. The van der Waals surface area contributed by atoms with Crippen LogP contribution in [-0.2, 0) is 11.2 Å². The first-order valence-corrected chi connectivity index (χ1v) is 8.86. The van der Waals surface area contributed by atoms with Crippen LogP contribution in [0.1, 0.15) is 24.5 Å². The molecule has 3 nitrogen and oxygen atoms in total. The van der Waals surface area contributed by atoms with E-state index in [2.05, 4.69) is 31.2 Å². The Morgan fingerprint density at radius 1 is 1.22 bits per heavy atom. The van der Waals surface area contributed by atoms with Gasteiger partial charge in [0.2, 0.25) is 5.91 Å². The number of rotatable bonds is 3. The van der Waals surface area contributed by atoms with Gasteiger partial charge in [-0.15, -0.1) is 11.8 Å². The lowest BCUT2D eigenvalue weighted by Gasteiger charge is -2.32. The Labute approximate surface area is 141 Å². The average molecular weight is 326 g/mol. The summed E-state index contributed by atoms with van der Waals surface area (Å²) >= 11 is 1.61. The second-order valence-electron chi connectivity index (χ2n) is 6.01. The van der Waals surface area contributed by atoms with Gasteiger partial charge in [0.25, 0.3) is 0 Å². The van der Waals surface area contributed by atoms with E-state index in [9.17, 15) is 4.79 Å². The Morgan fingerprint density at radius 2 is 1.96 bits per heavy atom. The molecule has 0 spiro atoms. The quantitative estimate of drug-likeness (QED) is 0.684. The number of nitrogens with two attached hydrogens (primary N) is 1. The van der Waals surface area contributed by atoms with E-state index < -0.39 is 0 Å². The molecule has 0 saturated carbocycles. The fourth-order valence-corrected chi connectivity index (χ4v) is 3.90. The first kappa shape index (κ1) is 15.9. The summed E-state index contributed by atoms with van der Waals surface area (Å²) in [6.07, 6.45) is 1.92. The number of amides is 1. The smallest absolute Gasteiger partial charge is 0.240 e. The number of carbonyl (C=O) groups excluding carboxylic acids is 1. The van der Waals surface area contributed by atoms with E-state index in [0.29, 0.717) is 0 Å². The monoisotopic (exact) mass is 326 g/mol. The van der Waals surface area contributed by atoms with E-state index in [4.69, 9.17) is 5.73 Å². The molecule has 1 atom stereocenters. The van der Waals surface area contributed by atoms with Gasteiger partial charge in [-0.05, 0) is 56.5 Å². The topological polar surface area (TPSA) is 46.3 Å². The van der Waals surface area contributed by atoms with Crippen LogP contribution in [0.3, 0.4) is 0 Å². The van der Waals surface area contributed by atoms with Crippen molar-refractivity contribution in [2.75, 3.05) is 17.2 Å². The third kappa shape index (κ3) is 3.37. The summed E-state index contributed by atoms with van der Waals surface area (Å²) in [5, 5.41) is -0.120. The van der Waals surface area contributed by atoms with E-state index in [0.717, 1.165) is 41.2 Å². The third-order valence-electron chi connectivity index (χ3n) is 4.23. The van der Waals surface area contributed by atoms with Crippen LogP contribution < -0.4 is 10.6 Å². The van der Waals surface area contributed by atoms with Crippen molar-refractivity contribution in [3.8, 4) is 0 Å². The van der Waals surface area contributed by atoms with Crippen LogP contribution in [0, 0.1) is 6.92 Å². The Balaban J connectivity index is 1.78. The number of thioether (sulfide) groups is 1. The Bertz CT molecular complexity index is 712. The highest BCUT2D eigenvalue weighted by molar-refractivity contribution is 8.00. The number of hydrogen-bond acceptors (Lipinski definition) is 3. The number of benzene rings is 2. The molecule has 4 heteroatoms. The van der Waals surface area contributed by atoms with Crippen LogP contribution in [0.2, 0.25) is 0 Å². The fraction of sp³-hybridized carbons (Fsp3) is 0.316. The van der Waals surface area contributed by atoms with Gasteiger partial charge in [-0.3, -0.25) is 4.79 Å². The van der Waals surface area contributed by atoms with E-state index in [1.807, 2.05) is 30.0 Å². The largest absolute Gasteiger partial charge is 0.398 e. The maximum absolute atomic E-state index is 12.9. The van der Waals surface area contributed by atoms with Crippen molar-refractivity contribution in [2.45, 2.75) is 36.8 Å². The van der Waals surface area contributed by atoms with Crippen LogP contribution in [-0.4, -0.2) is 17.7 Å². The van der Waals surface area contributed by atoms with Gasteiger partial charge in [-0.2, -0.15) is 0 Å². The minimum absolute atomic E-state index is 0.120. The summed E-state index contributed by atoms with van der Waals surface area (Å²) in [6.45, 7) is 4.82. The summed E-state index contributed by atoms with van der Waals surface area (Å²) in [5.41, 5.74) is 10.2. The number of nitrogen functional groups attached to an aromatic ring is 1. The molecule has 1 unspecified atom stereocenters. The molecule has 2 N–H and O–H groups in total. The predicted molar refractivity (Wildman–Crippen MR) is 98.0 cm³/mol. The summed E-state index contributed by atoms with van der Waals surface area (Å²) in [6, 6.07) is 14.2. The molecule has 0 aliphatic carbocycles. The van der Waals surface area contributed by atoms with Crippen molar-refractivity contribution in [1.82, 2.24) is 0 Å². The van der Waals surface area contributed by atoms with E-state index in [1.165, 1.54) is 5.56 Å². The molecular weight excluding hydrogens is 304 g/mol. The number of hydrogen-bond donors (Lipinski definition) is 1. The van der Waals surface area contributed by atoms with Crippen molar-refractivity contribution in [3.63, 3.8) is 0 Å². The highest BCUT2D eigenvalue weighted by Crippen LogP contribution is 2.33. The Hall–Kier alpha value is -1.94. The minimum atomic E-state index is -0.120. The molecular formula is C19H22N2OS. The highest BCUT2D eigenvalue weighted by atomic mass is 32.2. The first-order chi connectivity index (χ1) is 11.1. The van der Waals surface area contributed by atoms with Crippen LogP contribution in [0.4, 0.5) is 11.4 Å². The van der Waals surface area contributed by atoms with Gasteiger partial charge in [-0.1, -0.05) is 23.8 Å². The van der Waals surface area contributed by atoms with Crippen LogP contribution in [0.15, 0.2) is 47.4 Å². The van der Waals surface area contributed by atoms with Gasteiger partial charge in [-0.25, -0.2) is 0 Å². The van der Waals surface area contributed by atoms with Crippen LogP contribution in [0.25, 0.3) is 0 Å². The van der Waals surface area contributed by atoms with Crippen molar-refractivity contribution in [2.24, 2.45) is 0 Å². The fourth-order valence-electron chi connectivity index (χ4n) is 2.97. The van der Waals surface area contributed by atoms with Gasteiger partial charge in [0.05, 0.1) is 5.25 Å². The molecule has 0 fully saturated rings. The third-order valence-corrected chi connectivity index (χ3v) is 5.33. The number of anilines is 2. The van der Waals surface area contributed by atoms with Crippen LogP contribution >= 0.6 is 11.8 Å². The van der Waals surface area contributed by atoms with Gasteiger partial charge in [0.15, 0.2) is 0 Å². The maximum atomic E-state index is 12.9. The van der Waals surface area contributed by atoms with E-state index >= 15 is 0 Å².